The van der Waals surface area contributed by atoms with Gasteiger partial charge in [0.05, 0.1) is 6.04 Å². The van der Waals surface area contributed by atoms with Gasteiger partial charge in [0, 0.05) is 10.9 Å². The molecule has 2 atom stereocenters. The van der Waals surface area contributed by atoms with Crippen molar-refractivity contribution in [2.75, 3.05) is 0 Å². The van der Waals surface area contributed by atoms with E-state index in [0.717, 1.165) is 36.1 Å². The smallest absolute Gasteiger partial charge is 0.211 e. The molecule has 0 N–H and O–H groups in total. The summed E-state index contributed by atoms with van der Waals surface area (Å²) in [7, 11) is -3.27. The fraction of sp³-hybridized carbons (Fsp3) is 0.429. The molecule has 5 heteroatoms. The molecule has 26 heavy (non-hydrogen) atoms. The molecule has 2 aromatic carbocycles. The van der Waals surface area contributed by atoms with Crippen molar-refractivity contribution in [3.63, 3.8) is 0 Å². The van der Waals surface area contributed by atoms with Gasteiger partial charge in [-0.05, 0) is 37.5 Å². The molecule has 1 aliphatic carbocycles. The molecule has 2 fully saturated rings. The maximum atomic E-state index is 13.2. The van der Waals surface area contributed by atoms with Crippen molar-refractivity contribution < 1.29 is 8.42 Å². The Hall–Kier alpha value is -1.30. The molecule has 4 rings (SSSR count). The lowest BCUT2D eigenvalue weighted by Crippen LogP contribution is -2.60. The highest BCUT2D eigenvalue weighted by atomic mass is 32.3. The van der Waals surface area contributed by atoms with Gasteiger partial charge in [-0.25, -0.2) is 8.42 Å². The first-order chi connectivity index (χ1) is 12.6. The van der Waals surface area contributed by atoms with E-state index < -0.39 is 14.6 Å². The predicted octanol–water partition coefficient (Wildman–Crippen LogP) is 5.13. The summed E-state index contributed by atoms with van der Waals surface area (Å²) in [6, 6.07) is 18.4. The summed E-state index contributed by atoms with van der Waals surface area (Å²) in [4.78, 5) is 1.02. The minimum absolute atomic E-state index is 0.0612. The van der Waals surface area contributed by atoms with Crippen LogP contribution in [-0.4, -0.2) is 23.3 Å². The van der Waals surface area contributed by atoms with Crippen LogP contribution in [0.2, 0.25) is 0 Å². The molecule has 0 unspecified atom stereocenters. The van der Waals surface area contributed by atoms with Gasteiger partial charge in [-0.1, -0.05) is 67.3 Å². The fourth-order valence-corrected chi connectivity index (χ4v) is 8.14. The van der Waals surface area contributed by atoms with Gasteiger partial charge >= 0.3 is 0 Å². The Kier molecular flexibility index (Phi) is 5.13. The molecule has 1 aliphatic heterocycles. The summed E-state index contributed by atoms with van der Waals surface area (Å²) >= 11 is 1.48. The van der Waals surface area contributed by atoms with Crippen molar-refractivity contribution >= 4 is 21.8 Å². The third-order valence-corrected chi connectivity index (χ3v) is 9.48. The van der Waals surface area contributed by atoms with Gasteiger partial charge < -0.3 is 0 Å². The van der Waals surface area contributed by atoms with E-state index in [9.17, 15) is 8.42 Å². The highest BCUT2D eigenvalue weighted by Crippen LogP contribution is 2.52. The van der Waals surface area contributed by atoms with Crippen molar-refractivity contribution in [1.82, 2.24) is 4.31 Å². The maximum Gasteiger partial charge on any atom is 0.229 e. The molecular weight excluding hydrogens is 362 g/mol. The average molecular weight is 388 g/mol. The largest absolute Gasteiger partial charge is 0.229 e. The van der Waals surface area contributed by atoms with Crippen molar-refractivity contribution in [2.24, 2.45) is 0 Å². The lowest BCUT2D eigenvalue weighted by molar-refractivity contribution is 0.176. The third-order valence-electron chi connectivity index (χ3n) is 5.47. The molecule has 0 aromatic heterocycles. The number of nitrogens with zero attached hydrogens (tertiary/aromatic N) is 1. The summed E-state index contributed by atoms with van der Waals surface area (Å²) in [6.45, 7) is 2.07. The summed E-state index contributed by atoms with van der Waals surface area (Å²) in [5.74, 6) is 0. The van der Waals surface area contributed by atoms with Crippen LogP contribution in [0, 0.1) is 6.92 Å². The summed E-state index contributed by atoms with van der Waals surface area (Å²) in [5, 5.41) is 0. The summed E-state index contributed by atoms with van der Waals surface area (Å²) < 4.78 is 27.8. The zero-order valence-corrected chi connectivity index (χ0v) is 16.7. The minimum Gasteiger partial charge on any atom is -0.211 e. The molecular formula is C21H25NO2S2. The second-order valence-electron chi connectivity index (χ2n) is 7.32. The van der Waals surface area contributed by atoms with Crippen LogP contribution in [0.5, 0.6) is 0 Å². The molecule has 1 saturated carbocycles. The van der Waals surface area contributed by atoms with E-state index >= 15 is 0 Å². The first-order valence-electron chi connectivity index (χ1n) is 9.38. The standard InChI is InChI=1S/C21H25NO2S2/c1-16-12-14-17(15-13-16)20-21(25-19-10-6-3-7-11-19)26(23,24)22(20)18-8-4-2-5-9-18/h3,6-7,10-15,18,20-21H,2,4-5,8-9H2,1H3/t20-,21-/m1/s1. The van der Waals surface area contributed by atoms with Crippen LogP contribution in [0.25, 0.3) is 0 Å². The molecule has 0 amide bonds. The lowest BCUT2D eigenvalue weighted by Gasteiger charge is -2.51. The molecule has 3 nitrogen and oxygen atoms in total. The van der Waals surface area contributed by atoms with Crippen molar-refractivity contribution in [2.45, 2.75) is 60.6 Å². The Morgan fingerprint density at radius 1 is 0.923 bits per heavy atom. The van der Waals surface area contributed by atoms with E-state index in [-0.39, 0.29) is 12.1 Å². The van der Waals surface area contributed by atoms with Crippen molar-refractivity contribution in [1.29, 1.82) is 0 Å². The normalized spacial score (nSPS) is 26.3. The molecule has 2 aliphatic rings. The number of thioether (sulfide) groups is 1. The Balaban J connectivity index is 1.68. The van der Waals surface area contributed by atoms with Crippen LogP contribution >= 0.6 is 11.8 Å². The number of rotatable bonds is 4. The number of hydrogen-bond acceptors (Lipinski definition) is 3. The minimum atomic E-state index is -3.27. The topological polar surface area (TPSA) is 37.4 Å². The molecule has 1 saturated heterocycles. The molecule has 138 valence electrons. The van der Waals surface area contributed by atoms with Crippen LogP contribution in [0.15, 0.2) is 59.5 Å². The zero-order valence-electron chi connectivity index (χ0n) is 15.0. The predicted molar refractivity (Wildman–Crippen MR) is 108 cm³/mol. The van der Waals surface area contributed by atoms with Gasteiger partial charge in [0.15, 0.2) is 0 Å². The number of sulfonamides is 1. The number of hydrogen-bond donors (Lipinski definition) is 0. The fourth-order valence-electron chi connectivity index (χ4n) is 4.10. The highest BCUT2D eigenvalue weighted by Gasteiger charge is 2.57. The van der Waals surface area contributed by atoms with E-state index in [4.69, 9.17) is 0 Å². The van der Waals surface area contributed by atoms with Crippen LogP contribution < -0.4 is 0 Å². The second-order valence-corrected chi connectivity index (χ2v) is 10.8. The molecule has 0 bridgehead atoms. The third kappa shape index (κ3) is 3.32. The zero-order chi connectivity index (χ0) is 18.1. The van der Waals surface area contributed by atoms with E-state index in [1.165, 1.54) is 23.7 Å². The number of aryl methyl sites for hydroxylation is 1. The van der Waals surface area contributed by atoms with E-state index in [0.29, 0.717) is 0 Å². The van der Waals surface area contributed by atoms with Gasteiger partial charge in [-0.2, -0.15) is 4.31 Å². The summed E-state index contributed by atoms with van der Waals surface area (Å²) in [6.07, 6.45) is 5.47. The molecule has 1 heterocycles. The molecule has 0 spiro atoms. The Morgan fingerprint density at radius 3 is 2.23 bits per heavy atom. The summed E-state index contributed by atoms with van der Waals surface area (Å²) in [5.41, 5.74) is 2.32. The van der Waals surface area contributed by atoms with Crippen LogP contribution in [0.1, 0.15) is 49.3 Å². The van der Waals surface area contributed by atoms with Crippen LogP contribution in [-0.2, 0) is 10.0 Å². The Bertz CT molecular complexity index is 843. The van der Waals surface area contributed by atoms with Gasteiger partial charge in [0.1, 0.15) is 4.58 Å². The highest BCUT2D eigenvalue weighted by molar-refractivity contribution is 8.13. The van der Waals surface area contributed by atoms with Crippen molar-refractivity contribution in [3.8, 4) is 0 Å². The lowest BCUT2D eigenvalue weighted by atomic mass is 9.94. The molecule has 2 aromatic rings. The van der Waals surface area contributed by atoms with E-state index in [2.05, 4.69) is 31.2 Å². The Labute approximate surface area is 160 Å². The van der Waals surface area contributed by atoms with Crippen LogP contribution in [0.3, 0.4) is 0 Å². The van der Waals surface area contributed by atoms with Gasteiger partial charge in [-0.3, -0.25) is 0 Å². The van der Waals surface area contributed by atoms with Gasteiger partial charge in [0.2, 0.25) is 10.0 Å². The first kappa shape index (κ1) is 18.1. The van der Waals surface area contributed by atoms with Gasteiger partial charge in [0.25, 0.3) is 0 Å². The first-order valence-corrected chi connectivity index (χ1v) is 11.8. The molecule has 0 radical (unpaired) electrons. The maximum absolute atomic E-state index is 13.2. The number of benzene rings is 2. The second kappa shape index (κ2) is 7.37. The Morgan fingerprint density at radius 2 is 1.58 bits per heavy atom. The SMILES string of the molecule is Cc1ccc([C@@H]2[C@H](Sc3ccccc3)S(=O)(=O)N2C2CCCCC2)cc1. The average Bonchev–Trinajstić information content (AvgIpc) is 2.66. The van der Waals surface area contributed by atoms with Crippen molar-refractivity contribution in [3.05, 3.63) is 65.7 Å². The quantitative estimate of drug-likeness (QED) is 0.729. The van der Waals surface area contributed by atoms with E-state index in [1.54, 1.807) is 0 Å². The van der Waals surface area contributed by atoms with Crippen LogP contribution in [0.4, 0.5) is 0 Å². The monoisotopic (exact) mass is 387 g/mol. The van der Waals surface area contributed by atoms with E-state index in [1.807, 2.05) is 34.6 Å². The van der Waals surface area contributed by atoms with Gasteiger partial charge in [-0.15, -0.1) is 11.8 Å².